The van der Waals surface area contributed by atoms with Crippen molar-refractivity contribution in [1.82, 2.24) is 0 Å². The largest absolute Gasteiger partial charge is 0.395 e. The molecule has 11 heavy (non-hydrogen) atoms. The third-order valence-corrected chi connectivity index (χ3v) is 2.17. The lowest BCUT2D eigenvalue weighted by Gasteiger charge is -2.24. The topological polar surface area (TPSA) is 20.2 Å². The van der Waals surface area contributed by atoms with Crippen LogP contribution in [-0.2, 0) is 0 Å². The zero-order valence-electron chi connectivity index (χ0n) is 7.30. The Bertz CT molecular complexity index is 187. The van der Waals surface area contributed by atoms with Gasteiger partial charge in [-0.05, 0) is 18.4 Å². The standard InChI is InChI=1S/C10H16O/c1-10(2,8-11)9-6-4-3-5-7-9/h4,6-7,11H,3,5,8H2,1-2H3. The van der Waals surface area contributed by atoms with Crippen LogP contribution in [0.1, 0.15) is 26.7 Å². The summed E-state index contributed by atoms with van der Waals surface area (Å²) in [6, 6.07) is 0. The summed E-state index contributed by atoms with van der Waals surface area (Å²) in [5, 5.41) is 9.07. The zero-order chi connectivity index (χ0) is 8.32. The molecule has 1 aliphatic rings. The van der Waals surface area contributed by atoms with Crippen LogP contribution >= 0.6 is 0 Å². The van der Waals surface area contributed by atoms with E-state index in [1.165, 1.54) is 5.57 Å². The summed E-state index contributed by atoms with van der Waals surface area (Å²) in [7, 11) is 0. The molecule has 0 aliphatic heterocycles. The third kappa shape index (κ3) is 1.93. The van der Waals surface area contributed by atoms with Crippen molar-refractivity contribution < 1.29 is 5.11 Å². The molecule has 0 aromatic rings. The van der Waals surface area contributed by atoms with E-state index >= 15 is 0 Å². The van der Waals surface area contributed by atoms with Gasteiger partial charge in [0.2, 0.25) is 0 Å². The Morgan fingerprint density at radius 2 is 2.18 bits per heavy atom. The van der Waals surface area contributed by atoms with Crippen molar-refractivity contribution in [3.8, 4) is 0 Å². The van der Waals surface area contributed by atoms with Gasteiger partial charge in [-0.3, -0.25) is 0 Å². The highest BCUT2D eigenvalue weighted by molar-refractivity contribution is 5.28. The monoisotopic (exact) mass is 152 g/mol. The van der Waals surface area contributed by atoms with Crippen LogP contribution in [0.2, 0.25) is 0 Å². The molecule has 0 saturated carbocycles. The van der Waals surface area contributed by atoms with E-state index in [1.807, 2.05) is 0 Å². The van der Waals surface area contributed by atoms with Crippen molar-refractivity contribution in [3.63, 3.8) is 0 Å². The van der Waals surface area contributed by atoms with E-state index in [4.69, 9.17) is 5.11 Å². The first kappa shape index (κ1) is 8.54. The van der Waals surface area contributed by atoms with Crippen LogP contribution in [0, 0.1) is 5.41 Å². The Hall–Kier alpha value is -0.560. The van der Waals surface area contributed by atoms with Crippen LogP contribution in [-0.4, -0.2) is 11.7 Å². The maximum Gasteiger partial charge on any atom is 0.0522 e. The van der Waals surface area contributed by atoms with Gasteiger partial charge in [-0.25, -0.2) is 0 Å². The predicted octanol–water partition coefficient (Wildman–Crippen LogP) is 2.28. The second-order valence-electron chi connectivity index (χ2n) is 3.68. The predicted molar refractivity (Wildman–Crippen MR) is 47.3 cm³/mol. The lowest BCUT2D eigenvalue weighted by Crippen LogP contribution is -2.19. The fourth-order valence-electron chi connectivity index (χ4n) is 1.21. The van der Waals surface area contributed by atoms with E-state index < -0.39 is 0 Å². The zero-order valence-corrected chi connectivity index (χ0v) is 7.30. The Balaban J connectivity index is 2.73. The maximum atomic E-state index is 9.07. The third-order valence-electron chi connectivity index (χ3n) is 2.17. The highest BCUT2D eigenvalue weighted by atomic mass is 16.3. The average molecular weight is 152 g/mol. The molecule has 0 spiro atoms. The Morgan fingerprint density at radius 1 is 1.45 bits per heavy atom. The van der Waals surface area contributed by atoms with E-state index in [9.17, 15) is 0 Å². The molecule has 62 valence electrons. The molecule has 0 saturated heterocycles. The number of rotatable bonds is 2. The van der Waals surface area contributed by atoms with E-state index in [0.29, 0.717) is 0 Å². The Labute approximate surface area is 68.4 Å². The molecule has 0 amide bonds. The molecule has 0 unspecified atom stereocenters. The number of hydrogen-bond acceptors (Lipinski definition) is 1. The first-order valence-corrected chi connectivity index (χ1v) is 4.15. The molecule has 0 bridgehead atoms. The molecule has 1 rings (SSSR count). The summed E-state index contributed by atoms with van der Waals surface area (Å²) in [5.41, 5.74) is 1.21. The van der Waals surface area contributed by atoms with Crippen molar-refractivity contribution >= 4 is 0 Å². The van der Waals surface area contributed by atoms with Crippen LogP contribution in [0.3, 0.4) is 0 Å². The lowest BCUT2D eigenvalue weighted by molar-refractivity contribution is 0.192. The average Bonchev–Trinajstić information content (AvgIpc) is 2.06. The van der Waals surface area contributed by atoms with Gasteiger partial charge in [-0.15, -0.1) is 0 Å². The van der Waals surface area contributed by atoms with Crippen LogP contribution in [0.25, 0.3) is 0 Å². The summed E-state index contributed by atoms with van der Waals surface area (Å²) in [4.78, 5) is 0. The fraction of sp³-hybridized carbons (Fsp3) is 0.600. The smallest absolute Gasteiger partial charge is 0.0522 e. The second-order valence-corrected chi connectivity index (χ2v) is 3.68. The van der Waals surface area contributed by atoms with Crippen LogP contribution in [0.5, 0.6) is 0 Å². The Morgan fingerprint density at radius 3 is 2.64 bits per heavy atom. The van der Waals surface area contributed by atoms with E-state index in [1.54, 1.807) is 0 Å². The molecule has 0 radical (unpaired) electrons. The normalized spacial score (nSPS) is 18.3. The maximum absolute atomic E-state index is 9.07. The molecule has 1 aliphatic carbocycles. The number of hydrogen-bond donors (Lipinski definition) is 1. The number of allylic oxidation sites excluding steroid dienone is 3. The molecule has 0 aromatic carbocycles. The van der Waals surface area contributed by atoms with Gasteiger partial charge >= 0.3 is 0 Å². The van der Waals surface area contributed by atoms with Gasteiger partial charge in [0.05, 0.1) is 6.61 Å². The molecule has 1 N–H and O–H groups in total. The summed E-state index contributed by atoms with van der Waals surface area (Å²) in [6.45, 7) is 4.35. The molecule has 0 heterocycles. The Kier molecular flexibility index (Phi) is 2.50. The van der Waals surface area contributed by atoms with Gasteiger partial charge in [0, 0.05) is 5.41 Å². The fourth-order valence-corrected chi connectivity index (χ4v) is 1.21. The number of aliphatic hydroxyl groups excluding tert-OH is 1. The van der Waals surface area contributed by atoms with Crippen molar-refractivity contribution in [2.24, 2.45) is 5.41 Å². The molecular formula is C10H16O. The van der Waals surface area contributed by atoms with Crippen molar-refractivity contribution in [1.29, 1.82) is 0 Å². The summed E-state index contributed by atoms with van der Waals surface area (Å²) in [5.74, 6) is 0. The minimum Gasteiger partial charge on any atom is -0.395 e. The van der Waals surface area contributed by atoms with Gasteiger partial charge in [0.25, 0.3) is 0 Å². The molecule has 1 heteroatoms. The van der Waals surface area contributed by atoms with Gasteiger partial charge in [0.1, 0.15) is 0 Å². The first-order chi connectivity index (χ1) is 5.17. The van der Waals surface area contributed by atoms with Gasteiger partial charge in [-0.2, -0.15) is 0 Å². The minimum absolute atomic E-state index is 0.0586. The highest BCUT2D eigenvalue weighted by Gasteiger charge is 2.20. The molecule has 0 aromatic heterocycles. The van der Waals surface area contributed by atoms with E-state index in [2.05, 4.69) is 32.1 Å². The van der Waals surface area contributed by atoms with Crippen molar-refractivity contribution in [2.45, 2.75) is 26.7 Å². The van der Waals surface area contributed by atoms with Crippen LogP contribution < -0.4 is 0 Å². The van der Waals surface area contributed by atoms with Crippen molar-refractivity contribution in [3.05, 3.63) is 23.8 Å². The minimum atomic E-state index is -0.0586. The molecule has 0 atom stereocenters. The molecule has 0 fully saturated rings. The summed E-state index contributed by atoms with van der Waals surface area (Å²) in [6.07, 6.45) is 8.78. The van der Waals surface area contributed by atoms with Crippen molar-refractivity contribution in [2.75, 3.05) is 6.61 Å². The van der Waals surface area contributed by atoms with Crippen LogP contribution in [0.4, 0.5) is 0 Å². The SMILES string of the molecule is CC(C)(CO)C1=CCCC=C1. The lowest BCUT2D eigenvalue weighted by atomic mass is 9.82. The molecule has 1 nitrogen and oxygen atoms in total. The van der Waals surface area contributed by atoms with E-state index in [-0.39, 0.29) is 12.0 Å². The van der Waals surface area contributed by atoms with Gasteiger partial charge < -0.3 is 5.11 Å². The van der Waals surface area contributed by atoms with E-state index in [0.717, 1.165) is 12.8 Å². The highest BCUT2D eigenvalue weighted by Crippen LogP contribution is 2.29. The van der Waals surface area contributed by atoms with Gasteiger partial charge in [-0.1, -0.05) is 32.1 Å². The summed E-state index contributed by atoms with van der Waals surface area (Å²) >= 11 is 0. The molecular weight excluding hydrogens is 136 g/mol. The van der Waals surface area contributed by atoms with Gasteiger partial charge in [0.15, 0.2) is 0 Å². The number of aliphatic hydroxyl groups is 1. The van der Waals surface area contributed by atoms with Crippen LogP contribution in [0.15, 0.2) is 23.8 Å². The summed E-state index contributed by atoms with van der Waals surface area (Å²) < 4.78 is 0. The first-order valence-electron chi connectivity index (χ1n) is 4.15. The second kappa shape index (κ2) is 3.22. The quantitative estimate of drug-likeness (QED) is 0.643.